The second-order valence-electron chi connectivity index (χ2n) is 8.64. The van der Waals surface area contributed by atoms with Crippen LogP contribution in [0.4, 0.5) is 10.8 Å². The van der Waals surface area contributed by atoms with E-state index in [9.17, 15) is 13.5 Å². The molecule has 8 nitrogen and oxygen atoms in total. The third-order valence-corrected chi connectivity index (χ3v) is 7.59. The minimum Gasteiger partial charge on any atom is -0.372 e. The number of aliphatic hydroxyl groups is 1. The van der Waals surface area contributed by atoms with E-state index in [1.165, 1.54) is 11.3 Å². The summed E-state index contributed by atoms with van der Waals surface area (Å²) in [4.78, 5) is 9.78. The molecular formula is C22H31N5O3S2. The maximum atomic E-state index is 11.6. The van der Waals surface area contributed by atoms with Gasteiger partial charge in [-0.3, -0.25) is 0 Å². The molecule has 0 amide bonds. The van der Waals surface area contributed by atoms with Crippen LogP contribution in [-0.2, 0) is 10.0 Å². The quantitative estimate of drug-likeness (QED) is 0.562. The van der Waals surface area contributed by atoms with Gasteiger partial charge in [0.15, 0.2) is 11.4 Å². The summed E-state index contributed by atoms with van der Waals surface area (Å²) in [6.45, 7) is 2.59. The highest BCUT2D eigenvalue weighted by molar-refractivity contribution is 7.88. The van der Waals surface area contributed by atoms with Crippen molar-refractivity contribution in [3.05, 3.63) is 40.4 Å². The highest BCUT2D eigenvalue weighted by Gasteiger charge is 2.27. The number of aryl methyl sites for hydroxylation is 1. The van der Waals surface area contributed by atoms with E-state index in [4.69, 9.17) is 5.26 Å². The van der Waals surface area contributed by atoms with E-state index in [0.29, 0.717) is 28.3 Å². The van der Waals surface area contributed by atoms with Gasteiger partial charge in [-0.2, -0.15) is 9.98 Å². The zero-order valence-electron chi connectivity index (χ0n) is 18.9. The summed E-state index contributed by atoms with van der Waals surface area (Å²) < 4.78 is 25.3. The normalized spacial score (nSPS) is 20.2. The summed E-state index contributed by atoms with van der Waals surface area (Å²) >= 11 is 1.42. The Kier molecular flexibility index (Phi) is 7.90. The van der Waals surface area contributed by atoms with Crippen LogP contribution >= 0.6 is 11.3 Å². The lowest BCUT2D eigenvalue weighted by atomic mass is 9.85. The number of thiazole rings is 1. The Morgan fingerprint density at radius 2 is 1.88 bits per heavy atom. The third-order valence-electron chi connectivity index (χ3n) is 5.93. The van der Waals surface area contributed by atoms with Crippen molar-refractivity contribution in [2.45, 2.75) is 44.9 Å². The molecule has 0 saturated heterocycles. The second kappa shape index (κ2) is 10.3. The molecule has 1 aliphatic carbocycles. The zero-order valence-corrected chi connectivity index (χ0v) is 20.6. The van der Waals surface area contributed by atoms with Crippen molar-refractivity contribution in [2.24, 2.45) is 5.92 Å². The van der Waals surface area contributed by atoms with Crippen molar-refractivity contribution >= 4 is 32.2 Å². The topological polar surface area (TPSA) is 110 Å². The van der Waals surface area contributed by atoms with Crippen LogP contribution in [0.5, 0.6) is 0 Å². The van der Waals surface area contributed by atoms with Crippen molar-refractivity contribution in [1.29, 1.82) is 5.26 Å². The van der Waals surface area contributed by atoms with Crippen molar-refractivity contribution < 1.29 is 13.5 Å². The number of sulfonamides is 1. The van der Waals surface area contributed by atoms with Crippen LogP contribution in [-0.4, -0.2) is 56.3 Å². The fourth-order valence-corrected chi connectivity index (χ4v) is 5.62. The summed E-state index contributed by atoms with van der Waals surface area (Å²) in [6.07, 6.45) is 4.14. The Balaban J connectivity index is 1.87. The van der Waals surface area contributed by atoms with Crippen LogP contribution in [0.15, 0.2) is 24.3 Å². The first-order valence-corrected chi connectivity index (χ1v) is 13.3. The van der Waals surface area contributed by atoms with Gasteiger partial charge >= 0.3 is 0 Å². The first-order chi connectivity index (χ1) is 15.1. The number of nitrogens with one attached hydrogen (secondary N) is 1. The van der Waals surface area contributed by atoms with Crippen LogP contribution in [0, 0.1) is 24.2 Å². The van der Waals surface area contributed by atoms with Crippen LogP contribution in [0.2, 0.25) is 0 Å². The molecule has 0 bridgehead atoms. The Hall–Kier alpha value is -2.03. The Morgan fingerprint density at radius 1 is 1.25 bits per heavy atom. The molecule has 174 valence electrons. The molecule has 3 rings (SSSR count). The second-order valence-corrected chi connectivity index (χ2v) is 11.6. The minimum atomic E-state index is -3.58. The van der Waals surface area contributed by atoms with Gasteiger partial charge in [-0.15, -0.1) is 11.3 Å². The van der Waals surface area contributed by atoms with Gasteiger partial charge in [-0.05, 0) is 76.9 Å². The molecule has 32 heavy (non-hydrogen) atoms. The Bertz CT molecular complexity index is 1050. The molecule has 1 saturated carbocycles. The van der Waals surface area contributed by atoms with E-state index in [1.807, 2.05) is 19.1 Å². The molecule has 1 aromatic heterocycles. The van der Waals surface area contributed by atoms with Gasteiger partial charge in [0.05, 0.1) is 17.9 Å². The monoisotopic (exact) mass is 477 g/mol. The predicted octanol–water partition coefficient (Wildman–Crippen LogP) is 3.12. The fourth-order valence-electron chi connectivity index (χ4n) is 4.13. The molecule has 0 aliphatic heterocycles. The van der Waals surface area contributed by atoms with E-state index in [0.717, 1.165) is 49.0 Å². The molecule has 0 spiro atoms. The molecule has 10 heteroatoms. The lowest BCUT2D eigenvalue weighted by Crippen LogP contribution is -2.35. The molecule has 1 unspecified atom stereocenters. The molecule has 1 aromatic carbocycles. The van der Waals surface area contributed by atoms with E-state index in [1.54, 1.807) is 12.1 Å². The van der Waals surface area contributed by atoms with Gasteiger partial charge in [0.25, 0.3) is 0 Å². The van der Waals surface area contributed by atoms with Gasteiger partial charge in [0.2, 0.25) is 10.0 Å². The third kappa shape index (κ3) is 6.27. The first kappa shape index (κ1) is 24.6. The van der Waals surface area contributed by atoms with Crippen molar-refractivity contribution in [1.82, 2.24) is 14.6 Å². The number of aromatic nitrogens is 1. The highest BCUT2D eigenvalue weighted by atomic mass is 32.2. The van der Waals surface area contributed by atoms with Crippen molar-refractivity contribution in [3.63, 3.8) is 0 Å². The van der Waals surface area contributed by atoms with Gasteiger partial charge in [0, 0.05) is 23.2 Å². The lowest BCUT2D eigenvalue weighted by Gasteiger charge is -2.35. The molecule has 1 heterocycles. The number of aliphatic hydroxyl groups excluding tert-OH is 1. The van der Waals surface area contributed by atoms with Crippen LogP contribution in [0.25, 0.3) is 0 Å². The number of hydrogen-bond donors (Lipinski definition) is 2. The molecule has 0 radical (unpaired) electrons. The van der Waals surface area contributed by atoms with E-state index in [2.05, 4.69) is 39.7 Å². The Morgan fingerprint density at radius 3 is 2.41 bits per heavy atom. The number of anilines is 2. The number of benzene rings is 1. The van der Waals surface area contributed by atoms with Crippen LogP contribution in [0.3, 0.4) is 0 Å². The van der Waals surface area contributed by atoms with Crippen LogP contribution in [0.1, 0.15) is 48.0 Å². The molecule has 1 aliphatic rings. The highest BCUT2D eigenvalue weighted by Crippen LogP contribution is 2.36. The standard InChI is InChI=1S/C22H31N5O3S2/c1-15-20(21(28)25-32(4,29)30)24-22(31-15)27(19-11-5-16(13-23)6-12-19)14-17-7-9-18(10-8-17)26(2)3/h5-6,11-12,17-18,21,25,28H,7-10,14H2,1-4H3. The number of rotatable bonds is 8. The maximum Gasteiger partial charge on any atom is 0.211 e. The summed E-state index contributed by atoms with van der Waals surface area (Å²) in [5, 5.41) is 20.2. The summed E-state index contributed by atoms with van der Waals surface area (Å²) in [6, 6.07) is 10.1. The molecule has 2 N–H and O–H groups in total. The largest absolute Gasteiger partial charge is 0.372 e. The molecule has 1 atom stereocenters. The van der Waals surface area contributed by atoms with E-state index >= 15 is 0 Å². The molecular weight excluding hydrogens is 446 g/mol. The molecule has 2 aromatic rings. The molecule has 1 fully saturated rings. The zero-order chi connectivity index (χ0) is 23.5. The average Bonchev–Trinajstić information content (AvgIpc) is 3.13. The Labute approximate surface area is 194 Å². The minimum absolute atomic E-state index is 0.311. The number of hydrogen-bond acceptors (Lipinski definition) is 8. The van der Waals surface area contributed by atoms with Crippen LogP contribution < -0.4 is 9.62 Å². The number of nitriles is 1. The average molecular weight is 478 g/mol. The van der Waals surface area contributed by atoms with Gasteiger partial charge in [0.1, 0.15) is 5.69 Å². The number of nitrogens with zero attached hydrogens (tertiary/aromatic N) is 4. The summed E-state index contributed by atoms with van der Waals surface area (Å²) in [5.41, 5.74) is 1.82. The first-order valence-electron chi connectivity index (χ1n) is 10.6. The van der Waals surface area contributed by atoms with Gasteiger partial charge in [-0.25, -0.2) is 13.4 Å². The van der Waals surface area contributed by atoms with Crippen molar-refractivity contribution in [2.75, 3.05) is 31.8 Å². The smallest absolute Gasteiger partial charge is 0.211 e. The summed E-state index contributed by atoms with van der Waals surface area (Å²) in [7, 11) is 0.680. The van der Waals surface area contributed by atoms with Crippen molar-refractivity contribution in [3.8, 4) is 6.07 Å². The lowest BCUT2D eigenvalue weighted by molar-refractivity contribution is 0.162. The van der Waals surface area contributed by atoms with Gasteiger partial charge in [-0.1, -0.05) is 0 Å². The summed E-state index contributed by atoms with van der Waals surface area (Å²) in [5.74, 6) is 0.494. The maximum absolute atomic E-state index is 11.6. The van der Waals surface area contributed by atoms with E-state index < -0.39 is 16.3 Å². The SMILES string of the molecule is Cc1sc(N(CC2CCC(N(C)C)CC2)c2ccc(C#N)cc2)nc1C(O)NS(C)(=O)=O. The van der Waals surface area contributed by atoms with Gasteiger partial charge < -0.3 is 14.9 Å². The predicted molar refractivity (Wildman–Crippen MR) is 127 cm³/mol. The fraction of sp³-hybridized carbons (Fsp3) is 0.545. The van der Waals surface area contributed by atoms with E-state index in [-0.39, 0.29) is 0 Å².